The number of piperazine rings is 1. The number of benzene rings is 1. The van der Waals surface area contributed by atoms with E-state index in [0.29, 0.717) is 28.2 Å². The quantitative estimate of drug-likeness (QED) is 0.570. The Bertz CT molecular complexity index is 1190. The molecule has 3 aromatic rings. The number of anilines is 2. The second kappa shape index (κ2) is 7.71. The molecule has 2 fully saturated rings. The molecule has 4 heterocycles. The van der Waals surface area contributed by atoms with E-state index in [4.69, 9.17) is 5.73 Å². The van der Waals surface area contributed by atoms with Crippen molar-refractivity contribution in [3.8, 4) is 0 Å². The fourth-order valence-electron chi connectivity index (χ4n) is 5.62. The molecule has 8 heteroatoms. The standard InChI is InChI=1S/C24H28N6OS/c1-13-10-27-21-20(25)22(32-24(21)28-13)23(31)29-16-4-2-15-9-17(5-3-14(15)8-16)30-18-6-7-19(30)12-26-11-18/h3,5,9-10,16,18-19,26H,2,4,6-8,11-12,25H2,1H3,(H,29,31)/t16-,18?,19?/m0/s1. The van der Waals surface area contributed by atoms with Gasteiger partial charge in [-0.15, -0.1) is 11.3 Å². The van der Waals surface area contributed by atoms with E-state index < -0.39 is 0 Å². The molecule has 0 spiro atoms. The van der Waals surface area contributed by atoms with Crippen LogP contribution in [0, 0.1) is 6.92 Å². The van der Waals surface area contributed by atoms with Crippen LogP contribution < -0.4 is 21.3 Å². The number of rotatable bonds is 3. The zero-order valence-corrected chi connectivity index (χ0v) is 19.0. The Morgan fingerprint density at radius 1 is 1.22 bits per heavy atom. The minimum absolute atomic E-state index is 0.114. The summed E-state index contributed by atoms with van der Waals surface area (Å²) in [5.41, 5.74) is 12.2. The molecular weight excluding hydrogens is 420 g/mol. The molecule has 166 valence electrons. The number of nitrogens with two attached hydrogens (primary N) is 1. The molecule has 6 rings (SSSR count). The van der Waals surface area contributed by atoms with E-state index in [0.717, 1.165) is 42.9 Å². The van der Waals surface area contributed by atoms with Crippen molar-refractivity contribution in [1.29, 1.82) is 0 Å². The lowest BCUT2D eigenvalue weighted by Gasteiger charge is -2.38. The van der Waals surface area contributed by atoms with Gasteiger partial charge in [-0.3, -0.25) is 4.79 Å². The summed E-state index contributed by atoms with van der Waals surface area (Å²) < 4.78 is 0. The number of amides is 1. The van der Waals surface area contributed by atoms with Crippen molar-refractivity contribution >= 4 is 39.0 Å². The average molecular weight is 449 g/mol. The van der Waals surface area contributed by atoms with E-state index in [2.05, 4.69) is 43.7 Å². The zero-order valence-electron chi connectivity index (χ0n) is 18.2. The second-order valence-corrected chi connectivity index (χ2v) is 10.3. The summed E-state index contributed by atoms with van der Waals surface area (Å²) in [7, 11) is 0. The monoisotopic (exact) mass is 448 g/mol. The molecule has 2 unspecified atom stereocenters. The highest BCUT2D eigenvalue weighted by molar-refractivity contribution is 7.21. The van der Waals surface area contributed by atoms with E-state index in [1.807, 2.05) is 6.92 Å². The lowest BCUT2D eigenvalue weighted by Crippen LogP contribution is -2.52. The van der Waals surface area contributed by atoms with Crippen molar-refractivity contribution in [3.63, 3.8) is 0 Å². The van der Waals surface area contributed by atoms with Crippen molar-refractivity contribution in [2.75, 3.05) is 23.7 Å². The molecule has 2 saturated heterocycles. The lowest BCUT2D eigenvalue weighted by atomic mass is 9.87. The van der Waals surface area contributed by atoms with Crippen molar-refractivity contribution in [3.05, 3.63) is 46.1 Å². The van der Waals surface area contributed by atoms with E-state index in [9.17, 15) is 4.79 Å². The van der Waals surface area contributed by atoms with Crippen LogP contribution >= 0.6 is 11.3 Å². The Morgan fingerprint density at radius 2 is 2.03 bits per heavy atom. The highest BCUT2D eigenvalue weighted by Gasteiger charge is 2.36. The topological polar surface area (TPSA) is 96.2 Å². The second-order valence-electron chi connectivity index (χ2n) is 9.33. The number of thiophene rings is 1. The van der Waals surface area contributed by atoms with Gasteiger partial charge >= 0.3 is 0 Å². The number of fused-ring (bicyclic) bond motifs is 4. The molecule has 3 atom stereocenters. The van der Waals surface area contributed by atoms with Gasteiger partial charge in [-0.05, 0) is 62.3 Å². The Balaban J connectivity index is 1.18. The number of aromatic nitrogens is 2. The molecule has 3 aliphatic rings. The van der Waals surface area contributed by atoms with E-state index in [1.54, 1.807) is 6.20 Å². The first kappa shape index (κ1) is 19.9. The minimum Gasteiger partial charge on any atom is -0.396 e. The maximum Gasteiger partial charge on any atom is 0.263 e. The largest absolute Gasteiger partial charge is 0.396 e. The summed E-state index contributed by atoms with van der Waals surface area (Å²) >= 11 is 1.32. The average Bonchev–Trinajstić information content (AvgIpc) is 3.25. The van der Waals surface area contributed by atoms with E-state index in [-0.39, 0.29) is 11.9 Å². The Hall–Kier alpha value is -2.71. The normalized spacial score (nSPS) is 24.5. The molecule has 2 aliphatic heterocycles. The summed E-state index contributed by atoms with van der Waals surface area (Å²) in [6, 6.07) is 8.32. The third-order valence-corrected chi connectivity index (χ3v) is 8.28. The van der Waals surface area contributed by atoms with Crippen LogP contribution in [0.4, 0.5) is 11.4 Å². The molecule has 2 bridgehead atoms. The van der Waals surface area contributed by atoms with Crippen molar-refractivity contribution < 1.29 is 4.79 Å². The molecule has 7 nitrogen and oxygen atoms in total. The van der Waals surface area contributed by atoms with Gasteiger partial charge in [-0.1, -0.05) is 6.07 Å². The van der Waals surface area contributed by atoms with Gasteiger partial charge < -0.3 is 21.3 Å². The lowest BCUT2D eigenvalue weighted by molar-refractivity contribution is 0.0938. The number of nitrogen functional groups attached to an aromatic ring is 1. The Kier molecular flexibility index (Phi) is 4.80. The molecule has 1 aliphatic carbocycles. The van der Waals surface area contributed by atoms with Crippen molar-refractivity contribution in [2.45, 2.75) is 57.2 Å². The van der Waals surface area contributed by atoms with Gasteiger partial charge in [-0.25, -0.2) is 9.97 Å². The number of nitrogens with zero attached hydrogens (tertiary/aromatic N) is 3. The Morgan fingerprint density at radius 3 is 2.84 bits per heavy atom. The minimum atomic E-state index is -0.118. The van der Waals surface area contributed by atoms with Crippen LogP contribution in [0.25, 0.3) is 10.3 Å². The van der Waals surface area contributed by atoms with Crippen LogP contribution in [0.2, 0.25) is 0 Å². The summed E-state index contributed by atoms with van der Waals surface area (Å²) in [5.74, 6) is -0.118. The summed E-state index contributed by atoms with van der Waals surface area (Å²) in [4.78, 5) is 25.7. The van der Waals surface area contributed by atoms with Gasteiger partial charge in [-0.2, -0.15) is 0 Å². The molecule has 4 N–H and O–H groups in total. The van der Waals surface area contributed by atoms with Gasteiger partial charge in [0.25, 0.3) is 5.91 Å². The Labute approximate surface area is 191 Å². The van der Waals surface area contributed by atoms with Crippen LogP contribution in [0.15, 0.2) is 24.4 Å². The number of hydrogen-bond donors (Lipinski definition) is 3. The third kappa shape index (κ3) is 3.33. The van der Waals surface area contributed by atoms with Gasteiger partial charge in [0.05, 0.1) is 11.4 Å². The fourth-order valence-corrected chi connectivity index (χ4v) is 6.62. The van der Waals surface area contributed by atoms with Crippen LogP contribution in [-0.4, -0.2) is 47.1 Å². The smallest absolute Gasteiger partial charge is 0.263 e. The van der Waals surface area contributed by atoms with Crippen LogP contribution in [-0.2, 0) is 12.8 Å². The molecule has 1 amide bonds. The predicted octanol–water partition coefficient (Wildman–Crippen LogP) is 2.81. The molecule has 2 aromatic heterocycles. The SMILES string of the molecule is Cc1cnc2c(N)c(C(=O)N[C@H]3CCc4cc(N5C6CCC5CNC6)ccc4C3)sc2n1. The van der Waals surface area contributed by atoms with Crippen LogP contribution in [0.1, 0.15) is 45.8 Å². The molecular formula is C24H28N6OS. The van der Waals surface area contributed by atoms with Gasteiger partial charge in [0.15, 0.2) is 0 Å². The van der Waals surface area contributed by atoms with Crippen LogP contribution in [0.3, 0.4) is 0 Å². The van der Waals surface area contributed by atoms with Gasteiger partial charge in [0.1, 0.15) is 15.2 Å². The number of carbonyl (C=O) groups excluding carboxylic acids is 1. The third-order valence-electron chi connectivity index (χ3n) is 7.20. The van der Waals surface area contributed by atoms with Crippen LogP contribution in [0.5, 0.6) is 0 Å². The first-order valence-corrected chi connectivity index (χ1v) is 12.3. The number of hydrogen-bond acceptors (Lipinski definition) is 7. The molecule has 0 saturated carbocycles. The van der Waals surface area contributed by atoms with Gasteiger partial charge in [0.2, 0.25) is 0 Å². The first-order valence-electron chi connectivity index (χ1n) is 11.5. The maximum absolute atomic E-state index is 13.0. The predicted molar refractivity (Wildman–Crippen MR) is 128 cm³/mol. The summed E-state index contributed by atoms with van der Waals surface area (Å²) in [5, 5.41) is 6.78. The highest BCUT2D eigenvalue weighted by Crippen LogP contribution is 2.35. The summed E-state index contributed by atoms with van der Waals surface area (Å²) in [6.07, 6.45) is 7.04. The number of nitrogens with one attached hydrogen (secondary N) is 2. The van der Waals surface area contributed by atoms with Crippen molar-refractivity contribution in [2.24, 2.45) is 0 Å². The highest BCUT2D eigenvalue weighted by atomic mass is 32.1. The number of aryl methyl sites for hydroxylation is 2. The van der Waals surface area contributed by atoms with E-state index >= 15 is 0 Å². The maximum atomic E-state index is 13.0. The fraction of sp³-hybridized carbons (Fsp3) is 0.458. The van der Waals surface area contributed by atoms with E-state index in [1.165, 1.54) is 41.0 Å². The first-order chi connectivity index (χ1) is 15.6. The van der Waals surface area contributed by atoms with Crippen molar-refractivity contribution in [1.82, 2.24) is 20.6 Å². The number of carbonyl (C=O) groups is 1. The zero-order chi connectivity index (χ0) is 21.8. The molecule has 1 aromatic carbocycles. The molecule has 32 heavy (non-hydrogen) atoms. The van der Waals surface area contributed by atoms with Gasteiger partial charge in [0, 0.05) is 43.1 Å². The summed E-state index contributed by atoms with van der Waals surface area (Å²) in [6.45, 7) is 4.07. The molecule has 0 radical (unpaired) electrons.